The number of carboxylic acids is 1. The smallest absolute Gasteiger partial charge is 0.339 e. The number of rotatable bonds is 3. The molecule has 0 atom stereocenters. The second-order valence-electron chi connectivity index (χ2n) is 3.90. The third-order valence-electron chi connectivity index (χ3n) is 2.40. The number of aromatic carboxylic acids is 1. The van der Waals surface area contributed by atoms with E-state index in [0.717, 1.165) is 6.08 Å². The van der Waals surface area contributed by atoms with Crippen molar-refractivity contribution >= 4 is 11.9 Å². The minimum absolute atomic E-state index is 0.0184. The zero-order valence-electron chi connectivity index (χ0n) is 11.6. The summed E-state index contributed by atoms with van der Waals surface area (Å²) in [5.74, 6) is -1.80. The molecule has 5 nitrogen and oxygen atoms in total. The zero-order chi connectivity index (χ0) is 16.4. The number of hydrogen-bond acceptors (Lipinski definition) is 4. The van der Waals surface area contributed by atoms with Crippen LogP contribution in [-0.2, 0) is 4.79 Å². The largest absolute Gasteiger partial charge is 0.478 e. The molecule has 0 aliphatic carbocycles. The number of nitriles is 1. The molecule has 110 valence electrons. The average Bonchev–Trinajstić information content (AvgIpc) is 2.56. The maximum Gasteiger partial charge on any atom is 0.339 e. The van der Waals surface area contributed by atoms with Crippen molar-refractivity contribution in [1.29, 1.82) is 5.26 Å². The number of para-hydroxylation sites is 1. The Kier molecular flexibility index (Phi) is 6.60. The van der Waals surface area contributed by atoms with Crippen LogP contribution in [0.3, 0.4) is 0 Å². The first-order valence-corrected chi connectivity index (χ1v) is 6.20. The molecule has 2 rings (SSSR count). The Bertz CT molecular complexity index is 702. The van der Waals surface area contributed by atoms with Gasteiger partial charge in [0.15, 0.2) is 0 Å². The number of carbonyl (C=O) groups is 2. The molecule has 0 spiro atoms. The van der Waals surface area contributed by atoms with E-state index in [1.54, 1.807) is 24.3 Å². The Morgan fingerprint density at radius 2 is 1.68 bits per heavy atom. The lowest BCUT2D eigenvalue weighted by molar-refractivity contribution is -0.128. The summed E-state index contributed by atoms with van der Waals surface area (Å²) in [6, 6.07) is 17.1. The van der Waals surface area contributed by atoms with Gasteiger partial charge in [0.1, 0.15) is 11.3 Å². The van der Waals surface area contributed by atoms with E-state index in [1.165, 1.54) is 12.1 Å². The first kappa shape index (κ1) is 16.7. The molecule has 0 bridgehead atoms. The van der Waals surface area contributed by atoms with Crippen LogP contribution >= 0.6 is 0 Å². The van der Waals surface area contributed by atoms with Crippen molar-refractivity contribution in [2.45, 2.75) is 0 Å². The number of carboxylic acid groups (broad SMARTS) is 1. The first-order valence-electron chi connectivity index (χ1n) is 6.20. The summed E-state index contributed by atoms with van der Waals surface area (Å²) < 4.78 is 4.72. The Balaban J connectivity index is 0.000000255. The number of hydrogen-bond donors (Lipinski definition) is 1. The van der Waals surface area contributed by atoms with Gasteiger partial charge in [0.2, 0.25) is 0 Å². The van der Waals surface area contributed by atoms with Crippen molar-refractivity contribution < 1.29 is 19.4 Å². The van der Waals surface area contributed by atoms with Gasteiger partial charge in [0.25, 0.3) is 0 Å². The molecular weight excluding hydrogens is 282 g/mol. The molecular formula is C17H13NO4. The Labute approximate surface area is 127 Å². The summed E-state index contributed by atoms with van der Waals surface area (Å²) in [7, 11) is 0. The van der Waals surface area contributed by atoms with Gasteiger partial charge in [-0.15, -0.1) is 0 Å². The molecule has 0 fully saturated rings. The van der Waals surface area contributed by atoms with Crippen LogP contribution in [0.25, 0.3) is 0 Å². The van der Waals surface area contributed by atoms with E-state index in [9.17, 15) is 9.59 Å². The van der Waals surface area contributed by atoms with Crippen molar-refractivity contribution in [2.75, 3.05) is 0 Å². The van der Waals surface area contributed by atoms with Gasteiger partial charge >= 0.3 is 11.9 Å². The molecule has 22 heavy (non-hydrogen) atoms. The standard InChI is InChI=1S/C10H8O4.C7H5N/c1-2-9(11)14-8-6-4-3-5-7(8)10(12)13;8-6-7-4-2-1-3-5-7/h2-6H,1H2,(H,12,13);1-5H. The third kappa shape index (κ3) is 5.31. The first-order chi connectivity index (χ1) is 10.6. The van der Waals surface area contributed by atoms with Crippen molar-refractivity contribution in [1.82, 2.24) is 0 Å². The summed E-state index contributed by atoms with van der Waals surface area (Å²) in [6.07, 6.45) is 0.971. The van der Waals surface area contributed by atoms with Gasteiger partial charge in [-0.3, -0.25) is 0 Å². The number of ether oxygens (including phenoxy) is 1. The Morgan fingerprint density at radius 1 is 1.09 bits per heavy atom. The highest BCUT2D eigenvalue weighted by atomic mass is 16.5. The molecule has 0 radical (unpaired) electrons. The molecule has 0 saturated carbocycles. The maximum absolute atomic E-state index is 10.8. The second-order valence-corrected chi connectivity index (χ2v) is 3.90. The maximum atomic E-state index is 10.8. The highest BCUT2D eigenvalue weighted by molar-refractivity contribution is 5.93. The van der Waals surface area contributed by atoms with Crippen LogP contribution in [0.2, 0.25) is 0 Å². The van der Waals surface area contributed by atoms with Crippen molar-refractivity contribution in [2.24, 2.45) is 0 Å². The van der Waals surface area contributed by atoms with E-state index in [2.05, 4.69) is 6.58 Å². The molecule has 2 aromatic rings. The summed E-state index contributed by atoms with van der Waals surface area (Å²) in [6.45, 7) is 3.21. The van der Waals surface area contributed by atoms with Crippen LogP contribution in [0.15, 0.2) is 67.3 Å². The molecule has 1 N–H and O–H groups in total. The fraction of sp³-hybridized carbons (Fsp3) is 0. The quantitative estimate of drug-likeness (QED) is 0.534. The van der Waals surface area contributed by atoms with Crippen LogP contribution in [0, 0.1) is 11.3 Å². The summed E-state index contributed by atoms with van der Waals surface area (Å²) in [5.41, 5.74) is 0.662. The third-order valence-corrected chi connectivity index (χ3v) is 2.40. The normalized spacial score (nSPS) is 8.68. The van der Waals surface area contributed by atoms with Crippen LogP contribution in [0.5, 0.6) is 5.75 Å². The van der Waals surface area contributed by atoms with Gasteiger partial charge in [0, 0.05) is 6.08 Å². The van der Waals surface area contributed by atoms with Gasteiger partial charge < -0.3 is 9.84 Å². The van der Waals surface area contributed by atoms with E-state index in [0.29, 0.717) is 5.56 Å². The van der Waals surface area contributed by atoms with Crippen molar-refractivity contribution in [3.8, 4) is 11.8 Å². The summed E-state index contributed by atoms with van der Waals surface area (Å²) in [5, 5.41) is 17.0. The monoisotopic (exact) mass is 295 g/mol. The van der Waals surface area contributed by atoms with Crippen molar-refractivity contribution in [3.63, 3.8) is 0 Å². The fourth-order valence-electron chi connectivity index (χ4n) is 1.40. The van der Waals surface area contributed by atoms with E-state index in [4.69, 9.17) is 15.1 Å². The van der Waals surface area contributed by atoms with Gasteiger partial charge in [-0.25, -0.2) is 9.59 Å². The van der Waals surface area contributed by atoms with Crippen molar-refractivity contribution in [3.05, 3.63) is 78.4 Å². The van der Waals surface area contributed by atoms with Gasteiger partial charge in [-0.2, -0.15) is 5.26 Å². The molecule has 0 saturated heterocycles. The minimum atomic E-state index is -1.14. The Morgan fingerprint density at radius 3 is 2.18 bits per heavy atom. The highest BCUT2D eigenvalue weighted by Gasteiger charge is 2.11. The number of esters is 1. The molecule has 0 aromatic heterocycles. The molecule has 0 heterocycles. The minimum Gasteiger partial charge on any atom is -0.478 e. The van der Waals surface area contributed by atoms with Crippen LogP contribution in [-0.4, -0.2) is 17.0 Å². The Hall–Kier alpha value is -3.39. The zero-order valence-corrected chi connectivity index (χ0v) is 11.6. The van der Waals surface area contributed by atoms with Crippen LogP contribution in [0.1, 0.15) is 15.9 Å². The topological polar surface area (TPSA) is 87.4 Å². The predicted molar refractivity (Wildman–Crippen MR) is 80.4 cm³/mol. The lowest BCUT2D eigenvalue weighted by Crippen LogP contribution is -2.07. The van der Waals surface area contributed by atoms with E-state index in [1.807, 2.05) is 24.3 Å². The number of carbonyl (C=O) groups excluding carboxylic acids is 1. The molecule has 0 aliphatic rings. The average molecular weight is 295 g/mol. The van der Waals surface area contributed by atoms with E-state index < -0.39 is 11.9 Å². The van der Waals surface area contributed by atoms with Gasteiger partial charge in [-0.05, 0) is 24.3 Å². The molecule has 0 unspecified atom stereocenters. The molecule has 0 aliphatic heterocycles. The van der Waals surface area contributed by atoms with E-state index in [-0.39, 0.29) is 11.3 Å². The van der Waals surface area contributed by atoms with Crippen LogP contribution < -0.4 is 4.74 Å². The van der Waals surface area contributed by atoms with Gasteiger partial charge in [-0.1, -0.05) is 36.9 Å². The fourth-order valence-corrected chi connectivity index (χ4v) is 1.40. The van der Waals surface area contributed by atoms with Gasteiger partial charge in [0.05, 0.1) is 11.6 Å². The SMILES string of the molecule is C=CC(=O)Oc1ccccc1C(=O)O.N#Cc1ccccc1. The predicted octanol–water partition coefficient (Wildman–Crippen LogP) is 3.03. The summed E-state index contributed by atoms with van der Waals surface area (Å²) in [4.78, 5) is 21.5. The number of benzene rings is 2. The molecule has 2 aromatic carbocycles. The van der Waals surface area contributed by atoms with Crippen LogP contribution in [0.4, 0.5) is 0 Å². The summed E-state index contributed by atoms with van der Waals surface area (Å²) >= 11 is 0. The number of nitrogens with zero attached hydrogens (tertiary/aromatic N) is 1. The second kappa shape index (κ2) is 8.72. The lowest BCUT2D eigenvalue weighted by Gasteiger charge is -2.03. The molecule has 0 amide bonds. The molecule has 5 heteroatoms. The highest BCUT2D eigenvalue weighted by Crippen LogP contribution is 2.17. The lowest BCUT2D eigenvalue weighted by atomic mass is 10.2. The van der Waals surface area contributed by atoms with E-state index >= 15 is 0 Å².